The van der Waals surface area contributed by atoms with E-state index in [4.69, 9.17) is 0 Å². The number of nitrogens with one attached hydrogen (secondary N) is 1. The number of aryl methyl sites for hydroxylation is 1. The molecule has 2 heterocycles. The molecule has 1 aromatic carbocycles. The zero-order valence-electron chi connectivity index (χ0n) is 14.9. The summed E-state index contributed by atoms with van der Waals surface area (Å²) in [5.41, 5.74) is 2.17. The van der Waals surface area contributed by atoms with Gasteiger partial charge >= 0.3 is 0 Å². The van der Waals surface area contributed by atoms with Crippen molar-refractivity contribution in [1.82, 2.24) is 14.7 Å². The van der Waals surface area contributed by atoms with Crippen LogP contribution in [0.1, 0.15) is 57.7 Å². The topological polar surface area (TPSA) is 84.3 Å². The smallest absolute Gasteiger partial charge is 0.273 e. The van der Waals surface area contributed by atoms with Crippen LogP contribution in [0.3, 0.4) is 0 Å². The van der Waals surface area contributed by atoms with Gasteiger partial charge in [0.25, 0.3) is 17.7 Å². The first-order valence-electron chi connectivity index (χ1n) is 7.92. The van der Waals surface area contributed by atoms with E-state index in [1.54, 1.807) is 25.2 Å². The van der Waals surface area contributed by atoms with E-state index in [0.29, 0.717) is 22.5 Å². The van der Waals surface area contributed by atoms with E-state index >= 15 is 0 Å². The van der Waals surface area contributed by atoms with Gasteiger partial charge in [-0.3, -0.25) is 24.0 Å². The first-order valence-corrected chi connectivity index (χ1v) is 7.92. The molecular formula is C18H20N4O3. The Balaban J connectivity index is 1.87. The molecule has 2 aromatic rings. The van der Waals surface area contributed by atoms with Crippen LogP contribution in [0.25, 0.3) is 0 Å². The second-order valence-electron chi connectivity index (χ2n) is 7.17. The Morgan fingerprint density at radius 1 is 1.04 bits per heavy atom. The fraction of sp³-hybridized carbons (Fsp3) is 0.333. The maximum Gasteiger partial charge on any atom is 0.273 e. The number of hydrogen-bond donors (Lipinski definition) is 1. The molecule has 1 N–H and O–H groups in total. The predicted molar refractivity (Wildman–Crippen MR) is 92.7 cm³/mol. The molecule has 25 heavy (non-hydrogen) atoms. The van der Waals surface area contributed by atoms with Crippen molar-refractivity contribution < 1.29 is 14.4 Å². The number of aromatic nitrogens is 2. The van der Waals surface area contributed by atoms with Crippen LogP contribution in [-0.4, -0.2) is 39.4 Å². The van der Waals surface area contributed by atoms with Gasteiger partial charge in [-0.15, -0.1) is 0 Å². The minimum Gasteiger partial charge on any atom is -0.321 e. The van der Waals surface area contributed by atoms with Crippen LogP contribution in [0.5, 0.6) is 0 Å². The summed E-state index contributed by atoms with van der Waals surface area (Å²) in [6.45, 7) is 6.07. The Hall–Kier alpha value is -2.96. The lowest BCUT2D eigenvalue weighted by Gasteiger charge is -2.13. The molecule has 0 saturated heterocycles. The maximum atomic E-state index is 12.6. The fourth-order valence-electron chi connectivity index (χ4n) is 2.68. The summed E-state index contributed by atoms with van der Waals surface area (Å²) >= 11 is 0. The lowest BCUT2D eigenvalue weighted by molar-refractivity contribution is 0.0692. The van der Waals surface area contributed by atoms with Gasteiger partial charge in [0, 0.05) is 25.2 Å². The van der Waals surface area contributed by atoms with E-state index in [1.165, 1.54) is 17.8 Å². The molecule has 3 amide bonds. The molecule has 0 spiro atoms. The quantitative estimate of drug-likeness (QED) is 0.850. The SMILES string of the molecule is CN1C(=O)c2ccc(NC(=O)c3cc(C(C)(C)C)nn3C)cc2C1=O. The number of rotatable bonds is 2. The van der Waals surface area contributed by atoms with Gasteiger partial charge in [-0.25, -0.2) is 0 Å². The second kappa shape index (κ2) is 5.54. The largest absolute Gasteiger partial charge is 0.321 e. The number of nitrogens with zero attached hydrogens (tertiary/aromatic N) is 3. The molecule has 0 fully saturated rings. The van der Waals surface area contributed by atoms with Gasteiger partial charge < -0.3 is 5.32 Å². The third kappa shape index (κ3) is 2.82. The summed E-state index contributed by atoms with van der Waals surface area (Å²) < 4.78 is 1.53. The van der Waals surface area contributed by atoms with Crippen LogP contribution < -0.4 is 5.32 Å². The summed E-state index contributed by atoms with van der Waals surface area (Å²) in [5, 5.41) is 7.15. The highest BCUT2D eigenvalue weighted by atomic mass is 16.2. The molecule has 7 nitrogen and oxygen atoms in total. The van der Waals surface area contributed by atoms with Gasteiger partial charge in [-0.1, -0.05) is 20.8 Å². The van der Waals surface area contributed by atoms with Crippen molar-refractivity contribution in [2.24, 2.45) is 7.05 Å². The third-order valence-electron chi connectivity index (χ3n) is 4.23. The second-order valence-corrected chi connectivity index (χ2v) is 7.17. The number of hydrogen-bond acceptors (Lipinski definition) is 4. The molecule has 0 atom stereocenters. The van der Waals surface area contributed by atoms with Crippen molar-refractivity contribution in [1.29, 1.82) is 0 Å². The van der Waals surface area contributed by atoms with E-state index in [1.807, 2.05) is 20.8 Å². The molecule has 130 valence electrons. The molecule has 0 bridgehead atoms. The molecule has 0 radical (unpaired) electrons. The standard InChI is InChI=1S/C18H20N4O3/c1-18(2,3)14-9-13(22(5)20-14)15(23)19-10-6-7-11-12(8-10)17(25)21(4)16(11)24/h6-9H,1-5H3,(H,19,23). The van der Waals surface area contributed by atoms with Gasteiger partial charge in [0.15, 0.2) is 0 Å². The Labute approximate surface area is 145 Å². The van der Waals surface area contributed by atoms with Crippen molar-refractivity contribution >= 4 is 23.4 Å². The molecule has 1 aromatic heterocycles. The van der Waals surface area contributed by atoms with Crippen molar-refractivity contribution in [2.45, 2.75) is 26.2 Å². The van der Waals surface area contributed by atoms with Gasteiger partial charge in [-0.05, 0) is 24.3 Å². The van der Waals surface area contributed by atoms with Crippen LogP contribution in [-0.2, 0) is 12.5 Å². The highest BCUT2D eigenvalue weighted by molar-refractivity contribution is 6.21. The molecule has 0 aliphatic carbocycles. The highest BCUT2D eigenvalue weighted by Crippen LogP contribution is 2.26. The normalized spacial score (nSPS) is 14.0. The van der Waals surface area contributed by atoms with Crippen LogP contribution in [0.2, 0.25) is 0 Å². The summed E-state index contributed by atoms with van der Waals surface area (Å²) in [4.78, 5) is 37.6. The monoisotopic (exact) mass is 340 g/mol. The van der Waals surface area contributed by atoms with Gasteiger partial charge in [-0.2, -0.15) is 5.10 Å². The maximum absolute atomic E-state index is 12.6. The minimum absolute atomic E-state index is 0.165. The summed E-state index contributed by atoms with van der Waals surface area (Å²) in [5.74, 6) is -1.03. The van der Waals surface area contributed by atoms with Crippen LogP contribution in [0.4, 0.5) is 5.69 Å². The van der Waals surface area contributed by atoms with E-state index in [9.17, 15) is 14.4 Å². The number of imide groups is 1. The van der Waals surface area contributed by atoms with Gasteiger partial charge in [0.05, 0.1) is 16.8 Å². The minimum atomic E-state index is -0.369. The Morgan fingerprint density at radius 3 is 2.28 bits per heavy atom. The zero-order valence-corrected chi connectivity index (χ0v) is 14.9. The van der Waals surface area contributed by atoms with E-state index < -0.39 is 0 Å². The Kier molecular flexibility index (Phi) is 3.74. The van der Waals surface area contributed by atoms with Gasteiger partial charge in [0.1, 0.15) is 5.69 Å². The third-order valence-corrected chi connectivity index (χ3v) is 4.23. The summed E-state index contributed by atoms with van der Waals surface area (Å²) in [6.07, 6.45) is 0. The molecule has 7 heteroatoms. The van der Waals surface area contributed by atoms with Crippen molar-refractivity contribution in [2.75, 3.05) is 12.4 Å². The molecular weight excluding hydrogens is 320 g/mol. The molecule has 0 saturated carbocycles. The van der Waals surface area contributed by atoms with Crippen molar-refractivity contribution in [3.8, 4) is 0 Å². The predicted octanol–water partition coefficient (Wildman–Crippen LogP) is 2.20. The average Bonchev–Trinajstić information content (AvgIpc) is 3.02. The molecule has 1 aliphatic rings. The lowest BCUT2D eigenvalue weighted by Crippen LogP contribution is -2.24. The number of amides is 3. The van der Waals surface area contributed by atoms with E-state index in [2.05, 4.69) is 10.4 Å². The van der Waals surface area contributed by atoms with Crippen molar-refractivity contribution in [3.63, 3.8) is 0 Å². The zero-order chi connectivity index (χ0) is 18.5. The Bertz CT molecular complexity index is 906. The Morgan fingerprint density at radius 2 is 1.68 bits per heavy atom. The number of anilines is 1. The molecule has 0 unspecified atom stereocenters. The van der Waals surface area contributed by atoms with Crippen LogP contribution in [0, 0.1) is 0 Å². The first-order chi connectivity index (χ1) is 11.6. The number of carbonyl (C=O) groups is 3. The highest BCUT2D eigenvalue weighted by Gasteiger charge is 2.33. The summed E-state index contributed by atoms with van der Waals surface area (Å²) in [7, 11) is 3.15. The average molecular weight is 340 g/mol. The molecule has 3 rings (SSSR count). The number of benzene rings is 1. The van der Waals surface area contributed by atoms with Crippen LogP contribution in [0.15, 0.2) is 24.3 Å². The fourth-order valence-corrected chi connectivity index (χ4v) is 2.68. The first kappa shape index (κ1) is 16.9. The lowest BCUT2D eigenvalue weighted by atomic mass is 9.92. The van der Waals surface area contributed by atoms with Crippen LogP contribution >= 0.6 is 0 Å². The van der Waals surface area contributed by atoms with Gasteiger partial charge in [0.2, 0.25) is 0 Å². The number of fused-ring (bicyclic) bond motifs is 1. The van der Waals surface area contributed by atoms with Crippen molar-refractivity contribution in [3.05, 3.63) is 46.8 Å². The van der Waals surface area contributed by atoms with E-state index in [-0.39, 0.29) is 23.1 Å². The van der Waals surface area contributed by atoms with E-state index in [0.717, 1.165) is 10.6 Å². The number of carbonyl (C=O) groups excluding carboxylic acids is 3. The molecule has 1 aliphatic heterocycles. The summed E-state index contributed by atoms with van der Waals surface area (Å²) in [6, 6.07) is 6.45.